The summed E-state index contributed by atoms with van der Waals surface area (Å²) in [4.78, 5) is 0. The lowest BCUT2D eigenvalue weighted by Crippen LogP contribution is -1.89. The molecule has 0 heterocycles. The molecule has 4 radical (unpaired) electrons. The number of rotatable bonds is 10. The van der Waals surface area contributed by atoms with E-state index in [1.807, 2.05) is 0 Å². The zero-order valence-corrected chi connectivity index (χ0v) is 12.7. The van der Waals surface area contributed by atoms with Gasteiger partial charge < -0.3 is 11.0 Å². The van der Waals surface area contributed by atoms with E-state index in [0.29, 0.717) is 20.4 Å². The lowest BCUT2D eigenvalue weighted by Gasteiger charge is -1.99. The van der Waals surface area contributed by atoms with Crippen molar-refractivity contribution in [3.63, 3.8) is 0 Å². The molecule has 2 nitrogen and oxygen atoms in total. The third kappa shape index (κ3) is 24.1. The summed E-state index contributed by atoms with van der Waals surface area (Å²) in [6.45, 7) is 4.59. The van der Waals surface area contributed by atoms with Gasteiger partial charge in [0.2, 0.25) is 0 Å². The lowest BCUT2D eigenvalue weighted by atomic mass is 10.2. The highest BCUT2D eigenvalue weighted by Crippen LogP contribution is 2.06. The fourth-order valence-corrected chi connectivity index (χ4v) is 3.51. The van der Waals surface area contributed by atoms with Crippen LogP contribution in [0.2, 0.25) is 9.10 Å². The summed E-state index contributed by atoms with van der Waals surface area (Å²) >= 11 is 0.355. The molecule has 0 fully saturated rings. The predicted octanol–water partition coefficient (Wildman–Crippen LogP) is 3.12. The van der Waals surface area contributed by atoms with E-state index in [9.17, 15) is 0 Å². The SMILES string of the molecule is CCCCC[CH2][Mg][CH2]CCCCC.O.O.[C]. The Morgan fingerprint density at radius 3 is 1.31 bits per heavy atom. The van der Waals surface area contributed by atoms with Crippen molar-refractivity contribution in [2.45, 2.75) is 74.3 Å². The topological polar surface area (TPSA) is 63.0 Å². The third-order valence-corrected chi connectivity index (χ3v) is 4.71. The van der Waals surface area contributed by atoms with Crippen LogP contribution < -0.4 is 0 Å². The lowest BCUT2D eigenvalue weighted by molar-refractivity contribution is 0.689. The second kappa shape index (κ2) is 24.8. The Hall–Kier alpha value is 0.686. The monoisotopic (exact) mass is 242 g/mol. The molecule has 0 aromatic rings. The first kappa shape index (κ1) is 25.5. The van der Waals surface area contributed by atoms with Gasteiger partial charge in [-0.25, -0.2) is 0 Å². The van der Waals surface area contributed by atoms with Gasteiger partial charge in [-0.15, -0.1) is 9.10 Å². The Balaban J connectivity index is -0.000000240. The summed E-state index contributed by atoms with van der Waals surface area (Å²) in [6.07, 6.45) is 11.8. The Kier molecular flexibility index (Phi) is 39.5. The van der Waals surface area contributed by atoms with Crippen LogP contribution in [-0.2, 0) is 0 Å². The van der Waals surface area contributed by atoms with Gasteiger partial charge >= 0.3 is 20.4 Å². The van der Waals surface area contributed by atoms with Gasteiger partial charge in [0.25, 0.3) is 0 Å². The van der Waals surface area contributed by atoms with Crippen molar-refractivity contribution in [1.82, 2.24) is 0 Å². The highest BCUT2D eigenvalue weighted by atomic mass is 24.5. The van der Waals surface area contributed by atoms with E-state index in [-0.39, 0.29) is 18.4 Å². The smallest absolute Gasteiger partial charge is 0.364 e. The fourth-order valence-electron chi connectivity index (χ4n) is 1.74. The zero-order valence-electron chi connectivity index (χ0n) is 11.3. The van der Waals surface area contributed by atoms with Gasteiger partial charge in [0.05, 0.1) is 0 Å². The molecule has 0 aliphatic rings. The van der Waals surface area contributed by atoms with E-state index in [1.165, 1.54) is 51.4 Å². The molecular formula is C13H30MgO2. The second-order valence-electron chi connectivity index (χ2n) is 4.18. The minimum absolute atomic E-state index is 0. The molecule has 0 rings (SSSR count). The first-order chi connectivity index (χ1) is 6.41. The summed E-state index contributed by atoms with van der Waals surface area (Å²) in [7, 11) is 0. The molecule has 0 aliphatic heterocycles. The maximum atomic E-state index is 2.29. The summed E-state index contributed by atoms with van der Waals surface area (Å²) < 4.78 is 3.23. The number of hydrogen-bond acceptors (Lipinski definition) is 0. The average Bonchev–Trinajstić information content (AvgIpc) is 2.16. The van der Waals surface area contributed by atoms with Crippen molar-refractivity contribution >= 4 is 20.4 Å². The normalized spacial score (nSPS) is 8.12. The summed E-state index contributed by atoms with van der Waals surface area (Å²) in [5, 5.41) is 0. The number of hydrogen-bond donors (Lipinski definition) is 0. The molecule has 0 atom stereocenters. The molecular weight excluding hydrogens is 212 g/mol. The average molecular weight is 243 g/mol. The van der Waals surface area contributed by atoms with Gasteiger partial charge in [-0.05, 0) is 0 Å². The van der Waals surface area contributed by atoms with Gasteiger partial charge in [0.15, 0.2) is 0 Å². The molecule has 0 aromatic carbocycles. The van der Waals surface area contributed by atoms with E-state index >= 15 is 0 Å². The van der Waals surface area contributed by atoms with Crippen molar-refractivity contribution in [1.29, 1.82) is 0 Å². The van der Waals surface area contributed by atoms with Crippen molar-refractivity contribution < 1.29 is 11.0 Å². The maximum absolute atomic E-state index is 2.29. The highest BCUT2D eigenvalue weighted by molar-refractivity contribution is 6.35. The van der Waals surface area contributed by atoms with Crippen LogP contribution in [-0.4, -0.2) is 31.3 Å². The van der Waals surface area contributed by atoms with Crippen LogP contribution in [0.5, 0.6) is 0 Å². The van der Waals surface area contributed by atoms with Crippen LogP contribution in [0.3, 0.4) is 0 Å². The number of unbranched alkanes of at least 4 members (excludes halogenated alkanes) is 6. The first-order valence-corrected chi connectivity index (χ1v) is 8.41. The molecule has 0 saturated heterocycles. The van der Waals surface area contributed by atoms with Crippen LogP contribution in [0.25, 0.3) is 0 Å². The Morgan fingerprint density at radius 1 is 0.625 bits per heavy atom. The van der Waals surface area contributed by atoms with E-state index < -0.39 is 0 Å². The molecule has 0 aromatic heterocycles. The molecule has 0 spiro atoms. The molecule has 0 aliphatic carbocycles. The van der Waals surface area contributed by atoms with Crippen LogP contribution in [0.4, 0.5) is 0 Å². The van der Waals surface area contributed by atoms with Crippen molar-refractivity contribution in [2.75, 3.05) is 0 Å². The zero-order chi connectivity index (χ0) is 9.78. The maximum Gasteiger partial charge on any atom is 0.364 e. The largest absolute Gasteiger partial charge is 0.412 e. The van der Waals surface area contributed by atoms with Crippen molar-refractivity contribution in [3.05, 3.63) is 7.43 Å². The van der Waals surface area contributed by atoms with Crippen LogP contribution >= 0.6 is 0 Å². The molecule has 0 bridgehead atoms. The van der Waals surface area contributed by atoms with Crippen LogP contribution in [0.15, 0.2) is 0 Å². The van der Waals surface area contributed by atoms with Crippen LogP contribution in [0, 0.1) is 7.43 Å². The Labute approximate surface area is 113 Å². The highest BCUT2D eigenvalue weighted by Gasteiger charge is 1.95. The third-order valence-electron chi connectivity index (χ3n) is 2.71. The molecule has 4 N–H and O–H groups in total. The molecule has 3 heteroatoms. The molecule has 0 saturated carbocycles. The quantitative estimate of drug-likeness (QED) is 0.417. The molecule has 96 valence electrons. The second-order valence-corrected chi connectivity index (χ2v) is 6.30. The Bertz CT molecular complexity index is 80.0. The molecule has 0 amide bonds. The molecule has 16 heavy (non-hydrogen) atoms. The van der Waals surface area contributed by atoms with Crippen molar-refractivity contribution in [2.24, 2.45) is 0 Å². The molecule has 0 unspecified atom stereocenters. The minimum atomic E-state index is 0. The van der Waals surface area contributed by atoms with Gasteiger partial charge in [0.1, 0.15) is 0 Å². The van der Waals surface area contributed by atoms with Gasteiger partial charge in [-0.3, -0.25) is 0 Å². The van der Waals surface area contributed by atoms with E-state index in [0.717, 1.165) is 0 Å². The van der Waals surface area contributed by atoms with Gasteiger partial charge in [-0.1, -0.05) is 65.2 Å². The standard InChI is InChI=1S/2C6H13.C.Mg.2H2O/c2*1-3-5-6-4-2;;;;/h2*1,3-6H2,2H3;;;2*1H2. The van der Waals surface area contributed by atoms with Crippen LogP contribution in [0.1, 0.15) is 65.2 Å². The minimum Gasteiger partial charge on any atom is -0.412 e. The van der Waals surface area contributed by atoms with E-state index in [1.54, 1.807) is 9.10 Å². The van der Waals surface area contributed by atoms with E-state index in [4.69, 9.17) is 0 Å². The predicted molar refractivity (Wildman–Crippen MR) is 74.1 cm³/mol. The van der Waals surface area contributed by atoms with E-state index in [2.05, 4.69) is 13.8 Å². The first-order valence-electron chi connectivity index (χ1n) is 6.41. The summed E-state index contributed by atoms with van der Waals surface area (Å²) in [5.74, 6) is 0. The Morgan fingerprint density at radius 2 is 1.00 bits per heavy atom. The summed E-state index contributed by atoms with van der Waals surface area (Å²) in [5.41, 5.74) is 0. The van der Waals surface area contributed by atoms with Gasteiger partial charge in [-0.2, -0.15) is 0 Å². The van der Waals surface area contributed by atoms with Gasteiger partial charge in [0, 0.05) is 7.43 Å². The van der Waals surface area contributed by atoms with Crippen molar-refractivity contribution in [3.8, 4) is 0 Å². The fraction of sp³-hybridized carbons (Fsp3) is 0.923. The summed E-state index contributed by atoms with van der Waals surface area (Å²) in [6, 6.07) is 0.